The highest BCUT2D eigenvalue weighted by Crippen LogP contribution is 1.88. The van der Waals surface area contributed by atoms with Gasteiger partial charge in [0, 0.05) is 0 Å². The van der Waals surface area contributed by atoms with Crippen LogP contribution < -0.4 is 5.32 Å². The third-order valence-electron chi connectivity index (χ3n) is 1.06. The smallest absolute Gasteiger partial charge is 0.354 e. The number of carboxylic acids is 1. The number of carbonyl (C=O) groups is 2. The summed E-state index contributed by atoms with van der Waals surface area (Å²) in [4.78, 5) is 21.1. The largest absolute Gasteiger partial charge is 0.478 e. The molecule has 0 aliphatic rings. The van der Waals surface area contributed by atoms with E-state index < -0.39 is 18.1 Å². The van der Waals surface area contributed by atoms with Gasteiger partial charge < -0.3 is 15.2 Å². The van der Waals surface area contributed by atoms with Gasteiger partial charge in [0.1, 0.15) is 0 Å². The minimum atomic E-state index is -1.36. The van der Waals surface area contributed by atoms with Crippen LogP contribution in [0.25, 0.3) is 0 Å². The van der Waals surface area contributed by atoms with Gasteiger partial charge in [0.25, 0.3) is 0 Å². The summed E-state index contributed by atoms with van der Waals surface area (Å²) in [6, 6.07) is 0. The third-order valence-corrected chi connectivity index (χ3v) is 1.06. The van der Waals surface area contributed by atoms with E-state index in [-0.39, 0.29) is 6.61 Å². The molecule has 0 aliphatic heterocycles. The standard InChI is InChI=1S/C8H11NO4/c1-3-5-13-7(8(11)12)9-6(10)4-2/h3-4,7H,1-2,5H2,(H,9,10)(H,11,12). The Morgan fingerprint density at radius 2 is 2.15 bits per heavy atom. The molecule has 1 amide bonds. The zero-order valence-corrected chi connectivity index (χ0v) is 7.03. The van der Waals surface area contributed by atoms with Crippen LogP contribution in [-0.4, -0.2) is 29.8 Å². The fourth-order valence-electron chi connectivity index (χ4n) is 0.527. The zero-order chi connectivity index (χ0) is 10.3. The molecule has 13 heavy (non-hydrogen) atoms. The SMILES string of the molecule is C=CCOC(NC(=O)C=C)C(=O)O. The average molecular weight is 185 g/mol. The molecule has 0 spiro atoms. The maximum Gasteiger partial charge on any atom is 0.354 e. The Morgan fingerprint density at radius 3 is 2.54 bits per heavy atom. The highest BCUT2D eigenvalue weighted by molar-refractivity contribution is 5.90. The Morgan fingerprint density at radius 1 is 1.54 bits per heavy atom. The van der Waals surface area contributed by atoms with Gasteiger partial charge in [-0.05, 0) is 6.08 Å². The van der Waals surface area contributed by atoms with Crippen molar-refractivity contribution in [3.8, 4) is 0 Å². The van der Waals surface area contributed by atoms with Crippen molar-refractivity contribution in [3.63, 3.8) is 0 Å². The van der Waals surface area contributed by atoms with Crippen molar-refractivity contribution in [3.05, 3.63) is 25.3 Å². The Balaban J connectivity index is 4.08. The number of carbonyl (C=O) groups excluding carboxylic acids is 1. The van der Waals surface area contributed by atoms with Gasteiger partial charge in [0.15, 0.2) is 0 Å². The molecule has 0 aliphatic carbocycles. The predicted octanol–water partition coefficient (Wildman–Crippen LogP) is -0.0981. The number of hydrogen-bond acceptors (Lipinski definition) is 3. The number of nitrogens with one attached hydrogen (secondary N) is 1. The molecular weight excluding hydrogens is 174 g/mol. The number of hydrogen-bond donors (Lipinski definition) is 2. The number of carboxylic acid groups (broad SMARTS) is 1. The maximum absolute atomic E-state index is 10.7. The molecule has 0 radical (unpaired) electrons. The molecule has 0 aromatic carbocycles. The van der Waals surface area contributed by atoms with E-state index in [4.69, 9.17) is 9.84 Å². The topological polar surface area (TPSA) is 75.6 Å². The van der Waals surface area contributed by atoms with Crippen LogP contribution in [0.4, 0.5) is 0 Å². The van der Waals surface area contributed by atoms with Crippen LogP contribution in [0.2, 0.25) is 0 Å². The summed E-state index contributed by atoms with van der Waals surface area (Å²) < 4.78 is 4.73. The average Bonchev–Trinajstić information content (AvgIpc) is 2.11. The van der Waals surface area contributed by atoms with Crippen LogP contribution in [0.3, 0.4) is 0 Å². The van der Waals surface area contributed by atoms with Crippen LogP contribution in [0.5, 0.6) is 0 Å². The first-order chi connectivity index (χ1) is 6.11. The first kappa shape index (κ1) is 11.4. The first-order valence-corrected chi connectivity index (χ1v) is 3.50. The van der Waals surface area contributed by atoms with Gasteiger partial charge in [-0.1, -0.05) is 12.7 Å². The fraction of sp³-hybridized carbons (Fsp3) is 0.250. The van der Waals surface area contributed by atoms with Crippen LogP contribution >= 0.6 is 0 Å². The number of ether oxygens (including phenoxy) is 1. The lowest BCUT2D eigenvalue weighted by atomic mass is 10.5. The summed E-state index contributed by atoms with van der Waals surface area (Å²) in [6.07, 6.45) is 0.993. The Bertz CT molecular complexity index is 224. The van der Waals surface area contributed by atoms with E-state index in [2.05, 4.69) is 18.5 Å². The predicted molar refractivity (Wildman–Crippen MR) is 45.9 cm³/mol. The number of aliphatic carboxylic acids is 1. The van der Waals surface area contributed by atoms with Crippen molar-refractivity contribution < 1.29 is 19.4 Å². The van der Waals surface area contributed by atoms with Crippen molar-refractivity contribution in [2.75, 3.05) is 6.61 Å². The molecule has 1 atom stereocenters. The van der Waals surface area contributed by atoms with Gasteiger partial charge in [0.05, 0.1) is 6.61 Å². The molecule has 1 unspecified atom stereocenters. The van der Waals surface area contributed by atoms with Gasteiger partial charge in [0.2, 0.25) is 12.1 Å². The van der Waals surface area contributed by atoms with E-state index in [1.807, 2.05) is 0 Å². The molecule has 0 rings (SSSR count). The number of rotatable bonds is 6. The van der Waals surface area contributed by atoms with E-state index in [0.29, 0.717) is 0 Å². The second-order valence-corrected chi connectivity index (χ2v) is 2.05. The summed E-state index contributed by atoms with van der Waals surface area (Å²) in [5, 5.41) is 10.6. The molecule has 0 bridgehead atoms. The third kappa shape index (κ3) is 4.76. The Hall–Kier alpha value is -1.62. The summed E-state index contributed by atoms with van der Waals surface area (Å²) in [5.74, 6) is -1.87. The molecule has 0 aromatic heterocycles. The normalized spacial score (nSPS) is 11.4. The first-order valence-electron chi connectivity index (χ1n) is 3.50. The van der Waals surface area contributed by atoms with Crippen molar-refractivity contribution >= 4 is 11.9 Å². The molecule has 0 heterocycles. The van der Waals surface area contributed by atoms with Gasteiger partial charge in [-0.25, -0.2) is 4.79 Å². The summed E-state index contributed by atoms with van der Waals surface area (Å²) in [5.41, 5.74) is 0. The van der Waals surface area contributed by atoms with Crippen LogP contribution in [0, 0.1) is 0 Å². The minimum absolute atomic E-state index is 0.0500. The zero-order valence-electron chi connectivity index (χ0n) is 7.03. The lowest BCUT2D eigenvalue weighted by Crippen LogP contribution is -2.42. The van der Waals surface area contributed by atoms with E-state index in [1.54, 1.807) is 0 Å². The highest BCUT2D eigenvalue weighted by atomic mass is 16.5. The molecule has 5 nitrogen and oxygen atoms in total. The number of amides is 1. The van der Waals surface area contributed by atoms with Crippen molar-refractivity contribution in [2.24, 2.45) is 0 Å². The second kappa shape index (κ2) is 5.96. The lowest BCUT2D eigenvalue weighted by molar-refractivity contribution is -0.154. The molecule has 2 N–H and O–H groups in total. The van der Waals surface area contributed by atoms with Crippen LogP contribution in [0.15, 0.2) is 25.3 Å². The van der Waals surface area contributed by atoms with Gasteiger partial charge >= 0.3 is 5.97 Å². The molecule has 0 aromatic rings. The van der Waals surface area contributed by atoms with Crippen molar-refractivity contribution in [2.45, 2.75) is 6.23 Å². The van der Waals surface area contributed by atoms with E-state index in [9.17, 15) is 9.59 Å². The summed E-state index contributed by atoms with van der Waals surface area (Å²) in [7, 11) is 0. The van der Waals surface area contributed by atoms with Crippen LogP contribution in [-0.2, 0) is 14.3 Å². The maximum atomic E-state index is 10.7. The van der Waals surface area contributed by atoms with Crippen molar-refractivity contribution in [1.29, 1.82) is 0 Å². The van der Waals surface area contributed by atoms with E-state index in [0.717, 1.165) is 6.08 Å². The lowest BCUT2D eigenvalue weighted by Gasteiger charge is -2.12. The van der Waals surface area contributed by atoms with Gasteiger partial charge in [-0.3, -0.25) is 4.79 Å². The van der Waals surface area contributed by atoms with E-state index in [1.165, 1.54) is 6.08 Å². The second-order valence-electron chi connectivity index (χ2n) is 2.05. The molecule has 0 fully saturated rings. The van der Waals surface area contributed by atoms with Crippen LogP contribution in [0.1, 0.15) is 0 Å². The summed E-state index contributed by atoms with van der Waals surface area (Å²) >= 11 is 0. The molecule has 0 saturated heterocycles. The Kier molecular flexibility index (Phi) is 5.22. The van der Waals surface area contributed by atoms with Gasteiger partial charge in [-0.2, -0.15) is 0 Å². The fourth-order valence-corrected chi connectivity index (χ4v) is 0.527. The highest BCUT2D eigenvalue weighted by Gasteiger charge is 2.18. The molecule has 0 saturated carbocycles. The molecule has 72 valence electrons. The quantitative estimate of drug-likeness (QED) is 0.344. The minimum Gasteiger partial charge on any atom is -0.478 e. The van der Waals surface area contributed by atoms with Gasteiger partial charge in [-0.15, -0.1) is 6.58 Å². The van der Waals surface area contributed by atoms with Crippen molar-refractivity contribution in [1.82, 2.24) is 5.32 Å². The monoisotopic (exact) mass is 185 g/mol. The molecular formula is C8H11NO4. The summed E-state index contributed by atoms with van der Waals surface area (Å²) in [6.45, 7) is 6.56. The Labute approximate surface area is 75.7 Å². The molecule has 5 heteroatoms. The van der Waals surface area contributed by atoms with E-state index >= 15 is 0 Å².